The predicted molar refractivity (Wildman–Crippen MR) is 106 cm³/mol. The van der Waals surface area contributed by atoms with Crippen molar-refractivity contribution in [1.82, 2.24) is 15.2 Å². The van der Waals surface area contributed by atoms with Crippen LogP contribution in [0, 0.1) is 5.82 Å². The lowest BCUT2D eigenvalue weighted by Gasteiger charge is -2.34. The highest BCUT2D eigenvalue weighted by molar-refractivity contribution is 7.07. The normalized spacial score (nSPS) is 18.4. The lowest BCUT2D eigenvalue weighted by atomic mass is 9.68. The molecule has 0 aliphatic heterocycles. The molecule has 4 aromatic rings. The maximum atomic E-state index is 13.5. The zero-order valence-corrected chi connectivity index (χ0v) is 15.2. The van der Waals surface area contributed by atoms with Gasteiger partial charge in [-0.3, -0.25) is 5.10 Å². The smallest absolute Gasteiger partial charge is 0.123 e. The van der Waals surface area contributed by atoms with Crippen LogP contribution in [0.15, 0.2) is 71.6 Å². The van der Waals surface area contributed by atoms with Crippen LogP contribution < -0.4 is 0 Å². The van der Waals surface area contributed by atoms with Gasteiger partial charge in [0.1, 0.15) is 17.2 Å². The first-order chi connectivity index (χ1) is 13.3. The van der Waals surface area contributed by atoms with E-state index in [2.05, 4.69) is 39.5 Å². The zero-order chi connectivity index (χ0) is 18.3. The van der Waals surface area contributed by atoms with Crippen molar-refractivity contribution in [3.05, 3.63) is 99.8 Å². The molecule has 2 aromatic carbocycles. The summed E-state index contributed by atoms with van der Waals surface area (Å²) in [4.78, 5) is 4.39. The summed E-state index contributed by atoms with van der Waals surface area (Å²) in [6, 6.07) is 17.1. The van der Waals surface area contributed by atoms with Crippen LogP contribution in [0.4, 0.5) is 4.39 Å². The number of hydrogen-bond donors (Lipinski definition) is 1. The van der Waals surface area contributed by atoms with E-state index in [0.29, 0.717) is 0 Å². The van der Waals surface area contributed by atoms with E-state index < -0.39 is 0 Å². The number of fused-ring (bicyclic) bond motifs is 1. The molecule has 1 unspecified atom stereocenters. The van der Waals surface area contributed by atoms with E-state index >= 15 is 0 Å². The van der Waals surface area contributed by atoms with Crippen LogP contribution in [0.25, 0.3) is 17.5 Å². The van der Waals surface area contributed by atoms with Crippen LogP contribution in [0.3, 0.4) is 0 Å². The standard InChI is InChI=1S/C22H16FN3S/c23-17-8-6-16(7-9-17)22(15-4-2-1-3-5-15)11-10-18-19(12-22)25-26-21(18)20-13-27-14-24-20/h1-11,13-14H,12H2,(H,25,26). The summed E-state index contributed by atoms with van der Waals surface area (Å²) in [5.74, 6) is -0.227. The number of H-pyrrole nitrogens is 1. The van der Waals surface area contributed by atoms with Crippen LogP contribution >= 0.6 is 11.3 Å². The van der Waals surface area contributed by atoms with Gasteiger partial charge in [0.25, 0.3) is 0 Å². The van der Waals surface area contributed by atoms with E-state index in [4.69, 9.17) is 0 Å². The van der Waals surface area contributed by atoms with Crippen LogP contribution in [-0.4, -0.2) is 15.2 Å². The number of allylic oxidation sites excluding steroid dienone is 1. The topological polar surface area (TPSA) is 41.6 Å². The van der Waals surface area contributed by atoms with Gasteiger partial charge in [-0.05, 0) is 23.3 Å². The van der Waals surface area contributed by atoms with Crippen molar-refractivity contribution in [2.24, 2.45) is 0 Å². The van der Waals surface area contributed by atoms with Crippen molar-refractivity contribution in [2.45, 2.75) is 11.8 Å². The Morgan fingerprint density at radius 2 is 1.78 bits per heavy atom. The Morgan fingerprint density at radius 1 is 1.00 bits per heavy atom. The van der Waals surface area contributed by atoms with Gasteiger partial charge < -0.3 is 0 Å². The van der Waals surface area contributed by atoms with Crippen molar-refractivity contribution in [1.29, 1.82) is 0 Å². The summed E-state index contributed by atoms with van der Waals surface area (Å²) >= 11 is 1.56. The van der Waals surface area contributed by atoms with Crippen molar-refractivity contribution < 1.29 is 4.39 Å². The van der Waals surface area contributed by atoms with E-state index in [9.17, 15) is 4.39 Å². The number of halogens is 1. The zero-order valence-electron chi connectivity index (χ0n) is 14.4. The number of benzene rings is 2. The van der Waals surface area contributed by atoms with Crippen LogP contribution in [-0.2, 0) is 11.8 Å². The van der Waals surface area contributed by atoms with E-state index in [1.54, 1.807) is 11.3 Å². The predicted octanol–water partition coefficient (Wildman–Crippen LogP) is 5.23. The molecule has 0 bridgehead atoms. The van der Waals surface area contributed by atoms with Crippen molar-refractivity contribution in [3.63, 3.8) is 0 Å². The van der Waals surface area contributed by atoms with Crippen molar-refractivity contribution >= 4 is 17.4 Å². The molecule has 0 saturated heterocycles. The minimum Gasteiger partial charge on any atom is -0.281 e. The summed E-state index contributed by atoms with van der Waals surface area (Å²) in [5, 5.41) is 9.73. The van der Waals surface area contributed by atoms with Crippen LogP contribution in [0.2, 0.25) is 0 Å². The maximum absolute atomic E-state index is 13.5. The number of hydrogen-bond acceptors (Lipinski definition) is 3. The highest BCUT2D eigenvalue weighted by Crippen LogP contribution is 2.42. The van der Waals surface area contributed by atoms with Gasteiger partial charge in [-0.1, -0.05) is 54.6 Å². The summed E-state index contributed by atoms with van der Waals surface area (Å²) in [7, 11) is 0. The molecule has 0 spiro atoms. The number of aromatic amines is 1. The summed E-state index contributed by atoms with van der Waals surface area (Å²) in [6.07, 6.45) is 5.06. The van der Waals surface area contributed by atoms with E-state index in [1.165, 1.54) is 17.7 Å². The second-order valence-electron chi connectivity index (χ2n) is 6.69. The molecular formula is C22H16FN3S. The Morgan fingerprint density at radius 3 is 2.52 bits per heavy atom. The highest BCUT2D eigenvalue weighted by Gasteiger charge is 2.36. The van der Waals surface area contributed by atoms with Gasteiger partial charge in [0.2, 0.25) is 0 Å². The van der Waals surface area contributed by atoms with Gasteiger partial charge in [0.05, 0.1) is 5.51 Å². The molecule has 1 aliphatic carbocycles. The molecule has 2 aromatic heterocycles. The SMILES string of the molecule is Fc1ccc(C2(c3ccccc3)C=Cc3c(-c4cscn4)n[nH]c3C2)cc1. The molecule has 3 nitrogen and oxygen atoms in total. The highest BCUT2D eigenvalue weighted by atomic mass is 32.1. The fourth-order valence-electron chi connectivity index (χ4n) is 3.84. The molecule has 2 heterocycles. The molecular weight excluding hydrogens is 357 g/mol. The first-order valence-electron chi connectivity index (χ1n) is 8.73. The molecule has 27 heavy (non-hydrogen) atoms. The van der Waals surface area contributed by atoms with Crippen LogP contribution in [0.5, 0.6) is 0 Å². The van der Waals surface area contributed by atoms with Gasteiger partial charge in [0, 0.05) is 28.5 Å². The lowest BCUT2D eigenvalue weighted by molar-refractivity contribution is 0.606. The van der Waals surface area contributed by atoms with Crippen molar-refractivity contribution in [2.75, 3.05) is 0 Å². The number of rotatable bonds is 3. The average molecular weight is 373 g/mol. The third-order valence-corrected chi connectivity index (χ3v) is 5.78. The maximum Gasteiger partial charge on any atom is 0.123 e. The second kappa shape index (κ2) is 6.28. The molecule has 0 radical (unpaired) electrons. The Balaban J connectivity index is 1.67. The average Bonchev–Trinajstić information content (AvgIpc) is 3.38. The molecule has 0 fully saturated rings. The second-order valence-corrected chi connectivity index (χ2v) is 7.41. The number of nitrogens with one attached hydrogen (secondary N) is 1. The molecule has 1 N–H and O–H groups in total. The lowest BCUT2D eigenvalue weighted by Crippen LogP contribution is -2.30. The van der Waals surface area contributed by atoms with Gasteiger partial charge in [0.15, 0.2) is 0 Å². The third kappa shape index (κ3) is 2.62. The van der Waals surface area contributed by atoms with E-state index in [1.807, 2.05) is 41.2 Å². The molecule has 5 rings (SSSR count). The Kier molecular flexibility index (Phi) is 3.76. The molecule has 1 atom stereocenters. The Bertz CT molecular complexity index is 1100. The largest absolute Gasteiger partial charge is 0.281 e. The Labute approximate surface area is 160 Å². The minimum atomic E-state index is -0.367. The summed E-state index contributed by atoms with van der Waals surface area (Å²) in [5.41, 5.74) is 7.58. The van der Waals surface area contributed by atoms with E-state index in [-0.39, 0.29) is 11.2 Å². The third-order valence-electron chi connectivity index (χ3n) is 5.20. The fourth-order valence-corrected chi connectivity index (χ4v) is 4.37. The number of aromatic nitrogens is 3. The van der Waals surface area contributed by atoms with Gasteiger partial charge in [-0.15, -0.1) is 11.3 Å². The van der Waals surface area contributed by atoms with Gasteiger partial charge in [-0.25, -0.2) is 9.37 Å². The van der Waals surface area contributed by atoms with E-state index in [0.717, 1.165) is 34.6 Å². The molecule has 132 valence electrons. The monoisotopic (exact) mass is 373 g/mol. The van der Waals surface area contributed by atoms with Gasteiger partial charge in [-0.2, -0.15) is 5.10 Å². The minimum absolute atomic E-state index is 0.227. The molecule has 0 amide bonds. The summed E-state index contributed by atoms with van der Waals surface area (Å²) < 4.78 is 13.5. The van der Waals surface area contributed by atoms with Crippen LogP contribution in [0.1, 0.15) is 22.4 Å². The molecule has 5 heteroatoms. The quantitative estimate of drug-likeness (QED) is 0.534. The van der Waals surface area contributed by atoms with Crippen molar-refractivity contribution in [3.8, 4) is 11.4 Å². The van der Waals surface area contributed by atoms with Gasteiger partial charge >= 0.3 is 0 Å². The molecule has 1 aliphatic rings. The number of nitrogens with zero attached hydrogens (tertiary/aromatic N) is 2. The first kappa shape index (κ1) is 16.1. The first-order valence-corrected chi connectivity index (χ1v) is 9.67. The molecule has 0 saturated carbocycles. The fraction of sp³-hybridized carbons (Fsp3) is 0.0909. The Hall–Kier alpha value is -3.05. The summed E-state index contributed by atoms with van der Waals surface area (Å²) in [6.45, 7) is 0. The number of thiazole rings is 1.